The van der Waals surface area contributed by atoms with Crippen LogP contribution in [0.3, 0.4) is 0 Å². The highest BCUT2D eigenvalue weighted by Gasteiger charge is 2.32. The van der Waals surface area contributed by atoms with Gasteiger partial charge in [-0.2, -0.15) is 20.3 Å². The van der Waals surface area contributed by atoms with Crippen molar-refractivity contribution >= 4 is 17.6 Å². The molecule has 5 heterocycles. The first-order chi connectivity index (χ1) is 17.6. The third-order valence-corrected chi connectivity index (χ3v) is 5.75. The third-order valence-electron chi connectivity index (χ3n) is 5.75. The average Bonchev–Trinajstić information content (AvgIpc) is 3.65. The first-order valence-corrected chi connectivity index (χ1v) is 11.5. The van der Waals surface area contributed by atoms with E-state index in [9.17, 15) is 5.26 Å². The molecule has 12 heteroatoms. The summed E-state index contributed by atoms with van der Waals surface area (Å²) >= 11 is 0. The molecule has 4 aromatic rings. The van der Waals surface area contributed by atoms with Crippen molar-refractivity contribution in [2.75, 3.05) is 37.1 Å². The summed E-state index contributed by atoms with van der Waals surface area (Å²) in [5.74, 6) is 2.78. The van der Waals surface area contributed by atoms with Crippen LogP contribution in [0, 0.1) is 18.3 Å². The lowest BCUT2D eigenvalue weighted by atomic mass is 10.1. The average molecular weight is 488 g/mol. The molecule has 0 spiro atoms. The van der Waals surface area contributed by atoms with Crippen LogP contribution in [0.2, 0.25) is 0 Å². The number of hydrogen-bond donors (Lipinski definition) is 2. The number of ether oxygens (including phenoxy) is 2. The first-order valence-electron chi connectivity index (χ1n) is 11.5. The van der Waals surface area contributed by atoms with Gasteiger partial charge in [-0.15, -0.1) is 0 Å². The summed E-state index contributed by atoms with van der Waals surface area (Å²) in [6, 6.07) is 11.0. The number of H-pyrrole nitrogens is 1. The summed E-state index contributed by atoms with van der Waals surface area (Å²) in [4.78, 5) is 15.6. The normalized spacial score (nSPS) is 15.1. The van der Waals surface area contributed by atoms with Crippen LogP contribution in [0.5, 0.6) is 5.88 Å². The SMILES string of the molecule is COCCOc1cc(Nc2cc(C)[nH]n2)nc(N2CCCC2c2cc(-c3cccnc3C#N)no2)n1. The number of nitrogens with zero attached hydrogens (tertiary/aromatic N) is 7. The van der Waals surface area contributed by atoms with Crippen LogP contribution < -0.4 is 15.0 Å². The third kappa shape index (κ3) is 4.96. The lowest BCUT2D eigenvalue weighted by molar-refractivity contribution is 0.143. The number of aromatic nitrogens is 6. The number of hydrogen-bond acceptors (Lipinski definition) is 11. The molecule has 1 aliphatic rings. The zero-order valence-corrected chi connectivity index (χ0v) is 19.9. The van der Waals surface area contributed by atoms with Crippen LogP contribution in [0.4, 0.5) is 17.6 Å². The number of pyridine rings is 1. The molecule has 0 amide bonds. The Hall–Kier alpha value is -4.50. The fraction of sp³-hybridized carbons (Fsp3) is 0.333. The van der Waals surface area contributed by atoms with Gasteiger partial charge in [0.1, 0.15) is 29.9 Å². The number of rotatable bonds is 9. The van der Waals surface area contributed by atoms with Gasteiger partial charge in [0.15, 0.2) is 11.6 Å². The Morgan fingerprint density at radius 2 is 2.17 bits per heavy atom. The molecule has 1 aliphatic heterocycles. The van der Waals surface area contributed by atoms with E-state index in [1.54, 1.807) is 31.5 Å². The molecule has 4 aromatic heterocycles. The molecule has 184 valence electrons. The zero-order valence-electron chi connectivity index (χ0n) is 19.9. The van der Waals surface area contributed by atoms with Gasteiger partial charge in [-0.25, -0.2) is 4.98 Å². The van der Waals surface area contributed by atoms with E-state index in [-0.39, 0.29) is 6.04 Å². The molecule has 1 unspecified atom stereocenters. The molecule has 1 atom stereocenters. The minimum Gasteiger partial charge on any atom is -0.475 e. The maximum atomic E-state index is 9.40. The number of aromatic amines is 1. The summed E-state index contributed by atoms with van der Waals surface area (Å²) < 4.78 is 16.6. The Bertz CT molecular complexity index is 1380. The van der Waals surface area contributed by atoms with E-state index in [2.05, 4.69) is 41.6 Å². The van der Waals surface area contributed by atoms with Crippen LogP contribution in [0.25, 0.3) is 11.3 Å². The van der Waals surface area contributed by atoms with E-state index in [0.717, 1.165) is 25.1 Å². The van der Waals surface area contributed by atoms with Gasteiger partial charge < -0.3 is 24.2 Å². The minimum atomic E-state index is -0.122. The van der Waals surface area contributed by atoms with Gasteiger partial charge in [0.2, 0.25) is 11.8 Å². The molecule has 1 fully saturated rings. The van der Waals surface area contributed by atoms with Crippen LogP contribution >= 0.6 is 0 Å². The minimum absolute atomic E-state index is 0.122. The van der Waals surface area contributed by atoms with Crippen molar-refractivity contribution in [1.82, 2.24) is 30.3 Å². The highest BCUT2D eigenvalue weighted by molar-refractivity contribution is 5.65. The van der Waals surface area contributed by atoms with Gasteiger partial charge in [-0.1, -0.05) is 5.16 Å². The van der Waals surface area contributed by atoms with Crippen molar-refractivity contribution < 1.29 is 14.0 Å². The van der Waals surface area contributed by atoms with Gasteiger partial charge >= 0.3 is 0 Å². The monoisotopic (exact) mass is 487 g/mol. The molecule has 2 N–H and O–H groups in total. The highest BCUT2D eigenvalue weighted by atomic mass is 16.5. The smallest absolute Gasteiger partial charge is 0.231 e. The van der Waals surface area contributed by atoms with Crippen LogP contribution in [-0.4, -0.2) is 57.2 Å². The number of methoxy groups -OCH3 is 1. The van der Waals surface area contributed by atoms with Gasteiger partial charge in [0, 0.05) is 49.3 Å². The Labute approximate surface area is 207 Å². The van der Waals surface area contributed by atoms with Gasteiger partial charge in [0.05, 0.1) is 12.6 Å². The Morgan fingerprint density at radius 3 is 2.97 bits per heavy atom. The zero-order chi connectivity index (χ0) is 24.9. The molecule has 0 aliphatic carbocycles. The van der Waals surface area contributed by atoms with E-state index in [1.807, 2.05) is 19.1 Å². The number of nitrogens with one attached hydrogen (secondary N) is 2. The molecule has 36 heavy (non-hydrogen) atoms. The molecule has 0 aromatic carbocycles. The molecule has 5 rings (SSSR count). The maximum absolute atomic E-state index is 9.40. The standard InChI is InChI=1S/C24H25N9O3/c1-15-11-22(31-30-15)27-21-13-23(35-10-9-34-2)29-24(28-21)33-8-4-6-19(33)20-12-17(32-36-20)16-5-3-7-26-18(16)14-25/h3,5,7,11-13,19H,4,6,8-10H2,1-2H3,(H2,27,28,29,30,31). The van der Waals surface area contributed by atoms with E-state index in [1.165, 1.54) is 0 Å². The van der Waals surface area contributed by atoms with Crippen molar-refractivity contribution in [2.24, 2.45) is 0 Å². The number of anilines is 3. The van der Waals surface area contributed by atoms with Gasteiger partial charge in [-0.3, -0.25) is 5.10 Å². The topological polar surface area (TPSA) is 151 Å². The van der Waals surface area contributed by atoms with Crippen molar-refractivity contribution in [3.8, 4) is 23.2 Å². The van der Waals surface area contributed by atoms with Gasteiger partial charge in [0.25, 0.3) is 0 Å². The fourth-order valence-corrected chi connectivity index (χ4v) is 4.10. The van der Waals surface area contributed by atoms with Crippen LogP contribution in [-0.2, 0) is 4.74 Å². The number of nitriles is 1. The second-order valence-electron chi connectivity index (χ2n) is 8.27. The summed E-state index contributed by atoms with van der Waals surface area (Å²) in [6.45, 7) is 3.45. The molecule has 0 saturated carbocycles. The van der Waals surface area contributed by atoms with E-state index in [4.69, 9.17) is 19.0 Å². The lowest BCUT2D eigenvalue weighted by Gasteiger charge is -2.23. The summed E-state index contributed by atoms with van der Waals surface area (Å²) in [5, 5.41) is 24.0. The second kappa shape index (κ2) is 10.4. The Balaban J connectivity index is 1.44. The molecule has 0 radical (unpaired) electrons. The molecule has 1 saturated heterocycles. The predicted molar refractivity (Wildman–Crippen MR) is 130 cm³/mol. The Kier molecular flexibility index (Phi) is 6.72. The quantitative estimate of drug-likeness (QED) is 0.334. The number of aryl methyl sites for hydroxylation is 1. The van der Waals surface area contributed by atoms with Crippen LogP contribution in [0.1, 0.15) is 36.0 Å². The summed E-state index contributed by atoms with van der Waals surface area (Å²) in [6.07, 6.45) is 3.35. The van der Waals surface area contributed by atoms with Crippen molar-refractivity contribution in [3.05, 3.63) is 53.7 Å². The van der Waals surface area contributed by atoms with E-state index >= 15 is 0 Å². The summed E-state index contributed by atoms with van der Waals surface area (Å²) in [7, 11) is 1.62. The van der Waals surface area contributed by atoms with Crippen molar-refractivity contribution in [1.29, 1.82) is 5.26 Å². The Morgan fingerprint density at radius 1 is 1.25 bits per heavy atom. The summed E-state index contributed by atoms with van der Waals surface area (Å²) in [5.41, 5.74) is 2.42. The molecular weight excluding hydrogens is 462 g/mol. The molecule has 12 nitrogen and oxygen atoms in total. The predicted octanol–water partition coefficient (Wildman–Crippen LogP) is 3.54. The van der Waals surface area contributed by atoms with Crippen molar-refractivity contribution in [3.63, 3.8) is 0 Å². The van der Waals surface area contributed by atoms with Crippen LogP contribution in [0.15, 0.2) is 41.1 Å². The second-order valence-corrected chi connectivity index (χ2v) is 8.27. The molecule has 0 bridgehead atoms. The van der Waals surface area contributed by atoms with Crippen molar-refractivity contribution in [2.45, 2.75) is 25.8 Å². The first kappa shape index (κ1) is 23.3. The lowest BCUT2D eigenvalue weighted by Crippen LogP contribution is -2.25. The highest BCUT2D eigenvalue weighted by Crippen LogP contribution is 2.37. The maximum Gasteiger partial charge on any atom is 0.231 e. The van der Waals surface area contributed by atoms with E-state index in [0.29, 0.717) is 59.4 Å². The largest absolute Gasteiger partial charge is 0.475 e. The fourth-order valence-electron chi connectivity index (χ4n) is 4.10. The van der Waals surface area contributed by atoms with Gasteiger partial charge in [-0.05, 0) is 31.9 Å². The van der Waals surface area contributed by atoms with E-state index < -0.39 is 0 Å². The molecular formula is C24H25N9O3.